The Balaban J connectivity index is 1.60. The van der Waals surface area contributed by atoms with Gasteiger partial charge in [-0.2, -0.15) is 0 Å². The molecular formula is C20H22N2O3. The van der Waals surface area contributed by atoms with Crippen molar-refractivity contribution in [3.63, 3.8) is 0 Å². The molecule has 0 aliphatic carbocycles. The summed E-state index contributed by atoms with van der Waals surface area (Å²) in [7, 11) is 0. The van der Waals surface area contributed by atoms with E-state index in [0.717, 1.165) is 29.8 Å². The van der Waals surface area contributed by atoms with E-state index in [4.69, 9.17) is 4.74 Å². The van der Waals surface area contributed by atoms with Crippen LogP contribution in [0.25, 0.3) is 0 Å². The fraction of sp³-hybridized carbons (Fsp3) is 0.300. The normalized spacial score (nSPS) is 13.8. The van der Waals surface area contributed by atoms with E-state index < -0.39 is 0 Å². The molecule has 1 heterocycles. The molecule has 1 fully saturated rings. The second-order valence-electron chi connectivity index (χ2n) is 6.31. The van der Waals surface area contributed by atoms with E-state index in [0.29, 0.717) is 17.9 Å². The molecule has 25 heavy (non-hydrogen) atoms. The maximum atomic E-state index is 12.1. The van der Waals surface area contributed by atoms with Gasteiger partial charge in [0, 0.05) is 24.3 Å². The molecule has 2 aromatic rings. The standard InChI is InChI=1S/C20H22N2O3/c1-14-8-9-18(15(2)11-14)25-13-19(23)21-16-5-3-6-17(12-16)22-10-4-7-20(22)24/h3,5-6,8-9,11-12H,4,7,10,13H2,1-2H3,(H,21,23). The maximum absolute atomic E-state index is 12.1. The molecule has 1 aliphatic rings. The molecule has 0 radical (unpaired) electrons. The Labute approximate surface area is 147 Å². The summed E-state index contributed by atoms with van der Waals surface area (Å²) in [5, 5.41) is 2.82. The molecule has 1 N–H and O–H groups in total. The highest BCUT2D eigenvalue weighted by Gasteiger charge is 2.21. The van der Waals surface area contributed by atoms with Gasteiger partial charge in [-0.25, -0.2) is 0 Å². The number of hydrogen-bond donors (Lipinski definition) is 1. The Morgan fingerprint density at radius 1 is 1.20 bits per heavy atom. The monoisotopic (exact) mass is 338 g/mol. The van der Waals surface area contributed by atoms with E-state index in [2.05, 4.69) is 5.32 Å². The summed E-state index contributed by atoms with van der Waals surface area (Å²) in [6.07, 6.45) is 1.46. The molecule has 5 nitrogen and oxygen atoms in total. The number of aryl methyl sites for hydroxylation is 2. The molecule has 0 aromatic heterocycles. The zero-order chi connectivity index (χ0) is 17.8. The number of ether oxygens (including phenoxy) is 1. The van der Waals surface area contributed by atoms with Crippen LogP contribution in [0.5, 0.6) is 5.75 Å². The van der Waals surface area contributed by atoms with Gasteiger partial charge in [-0.1, -0.05) is 23.8 Å². The summed E-state index contributed by atoms with van der Waals surface area (Å²) in [6.45, 7) is 4.64. The number of anilines is 2. The van der Waals surface area contributed by atoms with Crippen LogP contribution in [-0.2, 0) is 9.59 Å². The first-order valence-corrected chi connectivity index (χ1v) is 8.43. The molecule has 5 heteroatoms. The van der Waals surface area contributed by atoms with E-state index in [9.17, 15) is 9.59 Å². The van der Waals surface area contributed by atoms with Gasteiger partial charge >= 0.3 is 0 Å². The van der Waals surface area contributed by atoms with Gasteiger partial charge in [0.1, 0.15) is 5.75 Å². The van der Waals surface area contributed by atoms with Gasteiger partial charge in [-0.05, 0) is 50.1 Å². The maximum Gasteiger partial charge on any atom is 0.262 e. The van der Waals surface area contributed by atoms with E-state index in [1.54, 1.807) is 11.0 Å². The van der Waals surface area contributed by atoms with E-state index in [-0.39, 0.29) is 18.4 Å². The predicted molar refractivity (Wildman–Crippen MR) is 98.1 cm³/mol. The number of carbonyl (C=O) groups excluding carboxylic acids is 2. The number of carbonyl (C=O) groups is 2. The quantitative estimate of drug-likeness (QED) is 0.908. The lowest BCUT2D eigenvalue weighted by molar-refractivity contribution is -0.118. The minimum Gasteiger partial charge on any atom is -0.483 e. The first-order valence-electron chi connectivity index (χ1n) is 8.43. The van der Waals surface area contributed by atoms with Crippen LogP contribution in [-0.4, -0.2) is 25.0 Å². The highest BCUT2D eigenvalue weighted by Crippen LogP contribution is 2.24. The zero-order valence-corrected chi connectivity index (χ0v) is 14.5. The molecule has 0 unspecified atom stereocenters. The van der Waals surface area contributed by atoms with E-state index >= 15 is 0 Å². The van der Waals surface area contributed by atoms with E-state index in [1.807, 2.05) is 50.2 Å². The van der Waals surface area contributed by atoms with Crippen LogP contribution in [0.1, 0.15) is 24.0 Å². The number of hydrogen-bond acceptors (Lipinski definition) is 3. The van der Waals surface area contributed by atoms with Crippen LogP contribution in [0.15, 0.2) is 42.5 Å². The largest absolute Gasteiger partial charge is 0.483 e. The highest BCUT2D eigenvalue weighted by molar-refractivity contribution is 5.97. The molecular weight excluding hydrogens is 316 g/mol. The minimum absolute atomic E-state index is 0.0588. The molecule has 0 bridgehead atoms. The third kappa shape index (κ3) is 4.18. The fourth-order valence-corrected chi connectivity index (χ4v) is 2.97. The van der Waals surface area contributed by atoms with Crippen LogP contribution >= 0.6 is 0 Å². The van der Waals surface area contributed by atoms with Crippen LogP contribution < -0.4 is 15.0 Å². The first-order chi connectivity index (χ1) is 12.0. The van der Waals surface area contributed by atoms with Crippen molar-refractivity contribution in [1.29, 1.82) is 0 Å². The summed E-state index contributed by atoms with van der Waals surface area (Å²) < 4.78 is 5.60. The Bertz CT molecular complexity index is 801. The Hall–Kier alpha value is -2.82. The molecule has 1 aliphatic heterocycles. The fourth-order valence-electron chi connectivity index (χ4n) is 2.97. The third-order valence-electron chi connectivity index (χ3n) is 4.20. The summed E-state index contributed by atoms with van der Waals surface area (Å²) >= 11 is 0. The van der Waals surface area contributed by atoms with Crippen molar-refractivity contribution in [1.82, 2.24) is 0 Å². The summed E-state index contributed by atoms with van der Waals surface area (Å²) in [5.74, 6) is 0.601. The minimum atomic E-state index is -0.232. The number of nitrogens with zero attached hydrogens (tertiary/aromatic N) is 1. The van der Waals surface area contributed by atoms with Crippen molar-refractivity contribution >= 4 is 23.2 Å². The SMILES string of the molecule is Cc1ccc(OCC(=O)Nc2cccc(N3CCCC3=O)c2)c(C)c1. The highest BCUT2D eigenvalue weighted by atomic mass is 16.5. The van der Waals surface area contributed by atoms with Crippen LogP contribution in [0.4, 0.5) is 11.4 Å². The van der Waals surface area contributed by atoms with Crippen molar-refractivity contribution in [2.45, 2.75) is 26.7 Å². The molecule has 3 rings (SSSR count). The summed E-state index contributed by atoms with van der Waals surface area (Å²) in [6, 6.07) is 13.2. The van der Waals surface area contributed by atoms with Gasteiger partial charge in [0.15, 0.2) is 6.61 Å². The number of amides is 2. The molecule has 2 amide bonds. The second kappa shape index (κ2) is 7.38. The average molecular weight is 338 g/mol. The summed E-state index contributed by atoms with van der Waals surface area (Å²) in [4.78, 5) is 25.7. The van der Waals surface area contributed by atoms with Crippen molar-refractivity contribution in [3.8, 4) is 5.75 Å². The van der Waals surface area contributed by atoms with Gasteiger partial charge in [-0.3, -0.25) is 9.59 Å². The number of nitrogens with one attached hydrogen (secondary N) is 1. The van der Waals surface area contributed by atoms with Crippen molar-refractivity contribution in [3.05, 3.63) is 53.6 Å². The van der Waals surface area contributed by atoms with E-state index in [1.165, 1.54) is 0 Å². The van der Waals surface area contributed by atoms with Crippen molar-refractivity contribution < 1.29 is 14.3 Å². The van der Waals surface area contributed by atoms with Crippen LogP contribution in [0.2, 0.25) is 0 Å². The Kier molecular flexibility index (Phi) is 5.03. The smallest absolute Gasteiger partial charge is 0.262 e. The molecule has 130 valence electrons. The lowest BCUT2D eigenvalue weighted by atomic mass is 10.1. The lowest BCUT2D eigenvalue weighted by Crippen LogP contribution is -2.24. The Morgan fingerprint density at radius 3 is 2.76 bits per heavy atom. The molecule has 0 spiro atoms. The van der Waals surface area contributed by atoms with Crippen molar-refractivity contribution in [2.24, 2.45) is 0 Å². The van der Waals surface area contributed by atoms with Crippen molar-refractivity contribution in [2.75, 3.05) is 23.4 Å². The predicted octanol–water partition coefficient (Wildman–Crippen LogP) is 3.45. The van der Waals surface area contributed by atoms with Gasteiger partial charge in [0.05, 0.1) is 0 Å². The van der Waals surface area contributed by atoms with Gasteiger partial charge in [-0.15, -0.1) is 0 Å². The number of benzene rings is 2. The number of rotatable bonds is 5. The van der Waals surface area contributed by atoms with Crippen LogP contribution in [0.3, 0.4) is 0 Å². The van der Waals surface area contributed by atoms with Gasteiger partial charge in [0.2, 0.25) is 5.91 Å². The molecule has 1 saturated heterocycles. The lowest BCUT2D eigenvalue weighted by Gasteiger charge is -2.17. The topological polar surface area (TPSA) is 58.6 Å². The molecule has 0 atom stereocenters. The molecule has 0 saturated carbocycles. The second-order valence-corrected chi connectivity index (χ2v) is 6.31. The Morgan fingerprint density at radius 2 is 2.04 bits per heavy atom. The zero-order valence-electron chi connectivity index (χ0n) is 14.5. The van der Waals surface area contributed by atoms with Gasteiger partial charge < -0.3 is 15.0 Å². The van der Waals surface area contributed by atoms with Gasteiger partial charge in [0.25, 0.3) is 5.91 Å². The first kappa shape index (κ1) is 17.0. The molecule has 2 aromatic carbocycles. The van der Waals surface area contributed by atoms with Crippen LogP contribution in [0, 0.1) is 13.8 Å². The third-order valence-corrected chi connectivity index (χ3v) is 4.20. The average Bonchev–Trinajstić information content (AvgIpc) is 3.00. The summed E-state index contributed by atoms with van der Waals surface area (Å²) in [5.41, 5.74) is 3.63.